The number of aliphatic hydroxyl groups is 2. The van der Waals surface area contributed by atoms with Gasteiger partial charge in [0.25, 0.3) is 0 Å². The van der Waals surface area contributed by atoms with Gasteiger partial charge in [0.15, 0.2) is 15.9 Å². The van der Waals surface area contributed by atoms with Crippen LogP contribution < -0.4 is 5.32 Å². The minimum atomic E-state index is -2.89. The summed E-state index contributed by atoms with van der Waals surface area (Å²) in [5.41, 5.74) is 4.51. The SMILES string of the molecule is C=C(C)[C@@H]1CC[C@]2(NCCN3CCS(=O)(=O)CC3)CC[C@]3(C)[C@H](CC[C@@H]4[C@@]5(C)CC=C(c6ccc(C(=O)O[C@@H]7O[C@H](C(=O)O)[C@@H](O)[C@H](C)[C@H]7O)cc6)C(C)(C)[C@@H]5CC[C@]43C)[C@@H]12. The lowest BCUT2D eigenvalue weighted by atomic mass is 9.33. The molecule has 14 atom stereocenters. The molecule has 2 aliphatic heterocycles. The Labute approximate surface area is 364 Å². The van der Waals surface area contributed by atoms with Crippen LogP contribution in [0.1, 0.15) is 122 Å². The molecule has 0 unspecified atom stereocenters. The van der Waals surface area contributed by atoms with Gasteiger partial charge in [0.05, 0.1) is 23.2 Å². The van der Waals surface area contributed by atoms with Crippen molar-refractivity contribution in [3.63, 3.8) is 0 Å². The molecule has 0 bridgehead atoms. The van der Waals surface area contributed by atoms with E-state index in [0.717, 1.165) is 31.5 Å². The molecular formula is C49H72N2O9S. The molecule has 4 N–H and O–H groups in total. The fraction of sp³-hybridized carbons (Fsp3) is 0.755. The van der Waals surface area contributed by atoms with Crippen molar-refractivity contribution in [2.24, 2.45) is 57.2 Å². The molecule has 61 heavy (non-hydrogen) atoms. The predicted molar refractivity (Wildman–Crippen MR) is 235 cm³/mol. The Morgan fingerprint density at radius 1 is 0.918 bits per heavy atom. The number of hydrogen-bond donors (Lipinski definition) is 4. The van der Waals surface area contributed by atoms with Gasteiger partial charge in [0, 0.05) is 37.6 Å². The molecule has 1 aromatic rings. The van der Waals surface area contributed by atoms with E-state index >= 15 is 0 Å². The molecule has 12 heteroatoms. The van der Waals surface area contributed by atoms with Crippen LogP contribution in [0.5, 0.6) is 0 Å². The van der Waals surface area contributed by atoms with Crippen molar-refractivity contribution >= 4 is 27.3 Å². The second-order valence-electron chi connectivity index (χ2n) is 21.9. The molecule has 11 nitrogen and oxygen atoms in total. The third-order valence-electron chi connectivity index (χ3n) is 18.8. The highest BCUT2D eigenvalue weighted by molar-refractivity contribution is 7.91. The first kappa shape index (κ1) is 45.0. The Morgan fingerprint density at radius 3 is 2.26 bits per heavy atom. The number of allylic oxidation sites excluding steroid dienone is 3. The molecule has 0 spiro atoms. The summed E-state index contributed by atoms with van der Waals surface area (Å²) in [6, 6.07) is 7.39. The normalized spacial score (nSPS) is 44.0. The Morgan fingerprint density at radius 2 is 1.61 bits per heavy atom. The smallest absolute Gasteiger partial charge is 0.340 e. The Hall–Kier alpha value is -2.61. The predicted octanol–water partition coefficient (Wildman–Crippen LogP) is 6.73. The number of carboxylic acid groups (broad SMARTS) is 1. The molecule has 5 aliphatic carbocycles. The van der Waals surface area contributed by atoms with Crippen LogP contribution in [0, 0.1) is 57.2 Å². The summed E-state index contributed by atoms with van der Waals surface area (Å²) in [6.45, 7) is 24.2. The van der Waals surface area contributed by atoms with E-state index < -0.39 is 52.3 Å². The molecule has 6 fully saturated rings. The maximum absolute atomic E-state index is 13.2. The van der Waals surface area contributed by atoms with Crippen molar-refractivity contribution in [3.05, 3.63) is 53.6 Å². The van der Waals surface area contributed by atoms with E-state index in [1.807, 2.05) is 12.1 Å². The van der Waals surface area contributed by atoms with Crippen LogP contribution in [-0.4, -0.2) is 108 Å². The summed E-state index contributed by atoms with van der Waals surface area (Å²) in [7, 11) is -2.89. The molecular weight excluding hydrogens is 793 g/mol. The van der Waals surface area contributed by atoms with Gasteiger partial charge in [-0.3, -0.25) is 0 Å². The maximum atomic E-state index is 13.2. The minimum absolute atomic E-state index is 0.104. The molecule has 2 saturated heterocycles. The number of esters is 1. The Kier molecular flexibility index (Phi) is 11.7. The Balaban J connectivity index is 0.988. The number of aliphatic carboxylic acids is 1. The van der Waals surface area contributed by atoms with E-state index in [4.69, 9.17) is 9.47 Å². The highest BCUT2D eigenvalue weighted by Gasteiger charge is 2.70. The highest BCUT2D eigenvalue weighted by atomic mass is 32.2. The summed E-state index contributed by atoms with van der Waals surface area (Å²) in [4.78, 5) is 27.2. The lowest BCUT2D eigenvalue weighted by Gasteiger charge is -2.72. The van der Waals surface area contributed by atoms with Gasteiger partial charge < -0.3 is 35.0 Å². The molecule has 0 aromatic heterocycles. The third kappa shape index (κ3) is 7.29. The number of carbonyl (C=O) groups excluding carboxylic acids is 1. The molecule has 1 aromatic carbocycles. The number of aliphatic hydroxyl groups excluding tert-OH is 2. The van der Waals surface area contributed by atoms with E-state index in [1.54, 1.807) is 12.1 Å². The molecule has 7 aliphatic rings. The number of carbonyl (C=O) groups is 2. The van der Waals surface area contributed by atoms with Crippen LogP contribution in [0.15, 0.2) is 42.5 Å². The van der Waals surface area contributed by atoms with Crippen molar-refractivity contribution in [1.29, 1.82) is 0 Å². The van der Waals surface area contributed by atoms with Gasteiger partial charge in [-0.25, -0.2) is 18.0 Å². The monoisotopic (exact) mass is 864 g/mol. The highest BCUT2D eigenvalue weighted by Crippen LogP contribution is 2.76. The quantitative estimate of drug-likeness (QED) is 0.154. The van der Waals surface area contributed by atoms with E-state index in [9.17, 15) is 33.3 Å². The van der Waals surface area contributed by atoms with Crippen molar-refractivity contribution in [2.75, 3.05) is 37.7 Å². The summed E-state index contributed by atoms with van der Waals surface area (Å²) in [5.74, 6) is 0.331. The molecule has 8 rings (SSSR count). The van der Waals surface area contributed by atoms with Crippen LogP contribution in [0.2, 0.25) is 0 Å². The number of fused-ring (bicyclic) bond motifs is 7. The standard InChI is InChI=1S/C49H72N2O9S/c1-29(2)33-15-20-49(50-23-24-51-25-27-61(57,58)28-26-51)22-21-47(7)35(38(33)49)13-14-37-46(6)18-16-34(45(4,5)36(46)17-19-48(37,47)8)31-9-11-32(12-10-31)43(56)60-44-40(53)30(3)39(52)41(59-44)42(54)55/h9-12,16,30,33,35-41,44,50,52-53H,1,13-15,17-28H2,2-8H3,(H,54,55)/t30-,33-,35+,36-,37+,38+,39-,40+,41-,44-,46-,47+,48+,49-/m0/s1. The average Bonchev–Trinajstić information content (AvgIpc) is 3.59. The number of nitrogens with one attached hydrogen (secondary N) is 1. The van der Waals surface area contributed by atoms with Crippen LogP contribution in [-0.2, 0) is 24.1 Å². The fourth-order valence-electron chi connectivity index (χ4n) is 15.3. The van der Waals surface area contributed by atoms with Gasteiger partial charge in [0.1, 0.15) is 6.10 Å². The summed E-state index contributed by atoms with van der Waals surface area (Å²) in [6.07, 6.45) is 7.21. The van der Waals surface area contributed by atoms with E-state index in [-0.39, 0.29) is 44.3 Å². The van der Waals surface area contributed by atoms with Gasteiger partial charge in [-0.05, 0) is 139 Å². The largest absolute Gasteiger partial charge is 0.479 e. The minimum Gasteiger partial charge on any atom is -0.479 e. The molecule has 2 heterocycles. The van der Waals surface area contributed by atoms with E-state index in [2.05, 4.69) is 64.4 Å². The molecule has 0 radical (unpaired) electrons. The van der Waals surface area contributed by atoms with Crippen molar-refractivity contribution in [3.8, 4) is 0 Å². The zero-order valence-electron chi connectivity index (χ0n) is 37.6. The maximum Gasteiger partial charge on any atom is 0.340 e. The lowest BCUT2D eigenvalue weighted by molar-refractivity contribution is -0.263. The van der Waals surface area contributed by atoms with Gasteiger partial charge >= 0.3 is 11.9 Å². The van der Waals surface area contributed by atoms with Crippen LogP contribution in [0.25, 0.3) is 5.57 Å². The third-order valence-corrected chi connectivity index (χ3v) is 20.4. The van der Waals surface area contributed by atoms with Crippen LogP contribution in [0.3, 0.4) is 0 Å². The first-order valence-electron chi connectivity index (χ1n) is 23.2. The molecule has 338 valence electrons. The van der Waals surface area contributed by atoms with Gasteiger partial charge in [-0.15, -0.1) is 0 Å². The number of sulfone groups is 1. The Bertz CT molecular complexity index is 2020. The number of benzene rings is 1. The number of carboxylic acids is 1. The van der Waals surface area contributed by atoms with E-state index in [1.165, 1.54) is 63.0 Å². The number of rotatable bonds is 9. The number of nitrogens with zero attached hydrogens (tertiary/aromatic N) is 1. The first-order valence-corrected chi connectivity index (χ1v) is 25.0. The molecule has 4 saturated carbocycles. The molecule has 0 amide bonds. The number of hydrogen-bond acceptors (Lipinski definition) is 10. The van der Waals surface area contributed by atoms with Gasteiger partial charge in [0.2, 0.25) is 6.29 Å². The summed E-state index contributed by atoms with van der Waals surface area (Å²) in [5, 5.41) is 34.6. The topological polar surface area (TPSA) is 163 Å². The van der Waals surface area contributed by atoms with Crippen molar-refractivity contribution < 1.29 is 42.8 Å². The van der Waals surface area contributed by atoms with Crippen LogP contribution >= 0.6 is 0 Å². The van der Waals surface area contributed by atoms with Gasteiger partial charge in [-0.2, -0.15) is 0 Å². The summed E-state index contributed by atoms with van der Waals surface area (Å²) < 4.78 is 35.0. The van der Waals surface area contributed by atoms with Crippen molar-refractivity contribution in [2.45, 2.75) is 136 Å². The summed E-state index contributed by atoms with van der Waals surface area (Å²) >= 11 is 0. The van der Waals surface area contributed by atoms with Gasteiger partial charge in [-0.1, -0.05) is 71.9 Å². The van der Waals surface area contributed by atoms with Crippen LogP contribution in [0.4, 0.5) is 0 Å². The lowest BCUT2D eigenvalue weighted by Crippen LogP contribution is -2.68. The van der Waals surface area contributed by atoms with Crippen molar-refractivity contribution in [1.82, 2.24) is 10.2 Å². The zero-order chi connectivity index (χ0) is 44.1. The second-order valence-corrected chi connectivity index (χ2v) is 24.2. The van der Waals surface area contributed by atoms with E-state index in [0.29, 0.717) is 42.7 Å². The second kappa shape index (κ2) is 15.8. The zero-order valence-corrected chi connectivity index (χ0v) is 38.4. The fourth-order valence-corrected chi connectivity index (χ4v) is 16.6. The number of ether oxygens (including phenoxy) is 2. The average molecular weight is 865 g/mol. The first-order chi connectivity index (χ1) is 28.6.